The quantitative estimate of drug-likeness (QED) is 0.397. The van der Waals surface area contributed by atoms with Crippen LogP contribution in [0.25, 0.3) is 22.4 Å². The lowest BCUT2D eigenvalue weighted by atomic mass is 10.1. The molecule has 1 N–H and O–H groups in total. The van der Waals surface area contributed by atoms with Crippen molar-refractivity contribution in [2.75, 3.05) is 5.32 Å². The Kier molecular flexibility index (Phi) is 4.69. The number of aromatic nitrogens is 2. The molecule has 0 saturated carbocycles. The minimum absolute atomic E-state index is 0.0555. The first-order chi connectivity index (χ1) is 13.9. The second-order valence-electron chi connectivity index (χ2n) is 6.24. The minimum Gasteiger partial charge on any atom is -0.407 e. The van der Waals surface area contributed by atoms with E-state index < -0.39 is 16.6 Å². The smallest absolute Gasteiger partial charge is 0.407 e. The Bertz CT molecular complexity index is 1290. The second kappa shape index (κ2) is 7.32. The van der Waals surface area contributed by atoms with E-state index in [-0.39, 0.29) is 17.8 Å². The number of anilines is 1. The van der Waals surface area contributed by atoms with Crippen LogP contribution in [0.2, 0.25) is 0 Å². The van der Waals surface area contributed by atoms with E-state index in [1.54, 1.807) is 23.5 Å². The number of carbonyl (C=O) groups excluding carboxylic acids is 1. The number of nitro benzene ring substituents is 1. The van der Waals surface area contributed by atoms with Crippen LogP contribution in [0.1, 0.15) is 5.01 Å². The van der Waals surface area contributed by atoms with E-state index >= 15 is 0 Å². The number of amides is 1. The summed E-state index contributed by atoms with van der Waals surface area (Å²) in [6.45, 7) is 1.65. The number of nitrogens with one attached hydrogen (secondary N) is 1. The fourth-order valence-electron chi connectivity index (χ4n) is 2.88. The normalized spacial score (nSPS) is 10.9. The van der Waals surface area contributed by atoms with Gasteiger partial charge in [-0.25, -0.2) is 9.78 Å². The van der Waals surface area contributed by atoms with Gasteiger partial charge in [-0.05, 0) is 25.1 Å². The van der Waals surface area contributed by atoms with E-state index in [1.807, 2.05) is 24.4 Å². The highest BCUT2D eigenvalue weighted by Crippen LogP contribution is 2.23. The number of nitro groups is 1. The zero-order valence-electron chi connectivity index (χ0n) is 15.1. The third-order valence-corrected chi connectivity index (χ3v) is 5.02. The number of thiazole rings is 1. The first-order valence-corrected chi connectivity index (χ1v) is 9.39. The molecule has 0 saturated heterocycles. The molecule has 2 heterocycles. The molecular weight excluding hydrogens is 396 g/mol. The van der Waals surface area contributed by atoms with Gasteiger partial charge in [-0.2, -0.15) is 0 Å². The third-order valence-electron chi connectivity index (χ3n) is 4.25. The number of hydrogen-bond donors (Lipinski definition) is 1. The van der Waals surface area contributed by atoms with Crippen LogP contribution in [0.5, 0.6) is 0 Å². The van der Waals surface area contributed by atoms with E-state index in [2.05, 4.69) is 10.3 Å². The molecule has 0 aliphatic carbocycles. The molecule has 4 rings (SSSR count). The second-order valence-corrected chi connectivity index (χ2v) is 7.30. The Labute approximate surface area is 167 Å². The van der Waals surface area contributed by atoms with E-state index in [0.717, 1.165) is 26.9 Å². The minimum atomic E-state index is -0.759. The molecule has 0 aliphatic rings. The van der Waals surface area contributed by atoms with Crippen LogP contribution in [0.4, 0.5) is 11.4 Å². The fraction of sp³-hybridized carbons (Fsp3) is 0.105. The molecule has 29 heavy (non-hydrogen) atoms. The number of carbonyl (C=O) groups is 1. The molecule has 2 aromatic heterocycles. The lowest BCUT2D eigenvalue weighted by molar-refractivity contribution is -0.384. The van der Waals surface area contributed by atoms with Crippen molar-refractivity contribution < 1.29 is 14.1 Å². The number of aryl methyl sites for hydroxylation is 1. The number of oxazole rings is 1. The summed E-state index contributed by atoms with van der Waals surface area (Å²) in [5.41, 5.74) is 2.55. The molecule has 4 aromatic rings. The van der Waals surface area contributed by atoms with Crippen LogP contribution in [0, 0.1) is 17.0 Å². The average molecular weight is 410 g/mol. The number of nitrogens with zero attached hydrogens (tertiary/aromatic N) is 3. The zero-order valence-corrected chi connectivity index (χ0v) is 15.9. The Morgan fingerprint density at radius 2 is 2.03 bits per heavy atom. The molecule has 0 radical (unpaired) electrons. The van der Waals surface area contributed by atoms with Crippen LogP contribution in [-0.4, -0.2) is 20.4 Å². The molecule has 2 aromatic carbocycles. The lowest BCUT2D eigenvalue weighted by Gasteiger charge is -2.06. The highest BCUT2D eigenvalue weighted by molar-refractivity contribution is 7.09. The zero-order chi connectivity index (χ0) is 20.5. The molecule has 1 amide bonds. The Morgan fingerprint density at radius 1 is 1.28 bits per heavy atom. The van der Waals surface area contributed by atoms with Crippen LogP contribution >= 0.6 is 11.3 Å². The maximum Gasteiger partial charge on any atom is 0.420 e. The Morgan fingerprint density at radius 3 is 2.69 bits per heavy atom. The van der Waals surface area contributed by atoms with Gasteiger partial charge in [-0.1, -0.05) is 12.1 Å². The summed E-state index contributed by atoms with van der Waals surface area (Å²) in [5, 5.41) is 16.5. The van der Waals surface area contributed by atoms with Gasteiger partial charge in [-0.3, -0.25) is 19.5 Å². The van der Waals surface area contributed by atoms with Gasteiger partial charge in [0.05, 0.1) is 27.2 Å². The predicted octanol–water partition coefficient (Wildman–Crippen LogP) is 3.57. The maximum atomic E-state index is 12.4. The molecule has 0 unspecified atom stereocenters. The first kappa shape index (κ1) is 18.6. The van der Waals surface area contributed by atoms with Crippen molar-refractivity contribution in [1.29, 1.82) is 0 Å². The largest absolute Gasteiger partial charge is 0.420 e. The van der Waals surface area contributed by atoms with Gasteiger partial charge in [0, 0.05) is 22.7 Å². The van der Waals surface area contributed by atoms with Crippen molar-refractivity contribution in [1.82, 2.24) is 9.55 Å². The van der Waals surface area contributed by atoms with Crippen molar-refractivity contribution >= 4 is 39.7 Å². The summed E-state index contributed by atoms with van der Waals surface area (Å²) in [4.78, 5) is 39.1. The van der Waals surface area contributed by atoms with Crippen molar-refractivity contribution in [2.45, 2.75) is 13.5 Å². The van der Waals surface area contributed by atoms with Gasteiger partial charge in [-0.15, -0.1) is 11.3 Å². The molecule has 0 spiro atoms. The van der Waals surface area contributed by atoms with Crippen LogP contribution in [-0.2, 0) is 11.3 Å². The van der Waals surface area contributed by atoms with Crippen LogP contribution < -0.4 is 11.1 Å². The summed E-state index contributed by atoms with van der Waals surface area (Å²) in [7, 11) is 0. The number of hydrogen-bond acceptors (Lipinski definition) is 7. The monoisotopic (exact) mass is 410 g/mol. The fourth-order valence-corrected chi connectivity index (χ4v) is 3.50. The summed E-state index contributed by atoms with van der Waals surface area (Å²) < 4.78 is 6.15. The molecule has 0 fully saturated rings. The highest BCUT2D eigenvalue weighted by atomic mass is 32.1. The van der Waals surface area contributed by atoms with E-state index in [1.165, 1.54) is 12.1 Å². The third kappa shape index (κ3) is 3.78. The summed E-state index contributed by atoms with van der Waals surface area (Å²) >= 11 is 1.56. The molecule has 9 nitrogen and oxygen atoms in total. The lowest BCUT2D eigenvalue weighted by Crippen LogP contribution is -2.24. The van der Waals surface area contributed by atoms with Crippen LogP contribution in [0.15, 0.2) is 57.1 Å². The van der Waals surface area contributed by atoms with Crippen molar-refractivity contribution in [3.8, 4) is 11.3 Å². The van der Waals surface area contributed by atoms with Gasteiger partial charge >= 0.3 is 5.76 Å². The van der Waals surface area contributed by atoms with E-state index in [9.17, 15) is 19.7 Å². The molecule has 146 valence electrons. The van der Waals surface area contributed by atoms with Crippen molar-refractivity contribution in [2.24, 2.45) is 0 Å². The topological polar surface area (TPSA) is 120 Å². The van der Waals surface area contributed by atoms with Gasteiger partial charge in [0.25, 0.3) is 5.69 Å². The number of non-ortho nitro benzene ring substituents is 1. The SMILES string of the molecule is Cc1nc(-c2ccc(NC(=O)Cn3c(=O)oc4cc([N+](=O)[O-])ccc43)cc2)cs1. The maximum absolute atomic E-state index is 12.4. The summed E-state index contributed by atoms with van der Waals surface area (Å²) in [6, 6.07) is 11.0. The molecule has 10 heteroatoms. The van der Waals surface area contributed by atoms with Crippen molar-refractivity contribution in [3.05, 3.63) is 73.5 Å². The molecular formula is C19H14N4O5S. The first-order valence-electron chi connectivity index (χ1n) is 8.51. The Balaban J connectivity index is 1.50. The Hall–Kier alpha value is -3.79. The summed E-state index contributed by atoms with van der Waals surface area (Å²) in [6.07, 6.45) is 0. The standard InChI is InChI=1S/C19H14N4O5S/c1-11-20-15(10-29-11)12-2-4-13(5-3-12)21-18(24)9-22-16-7-6-14(23(26)27)8-17(16)28-19(22)25/h2-8,10H,9H2,1H3,(H,21,24). The van der Waals surface area contributed by atoms with E-state index in [0.29, 0.717) is 11.2 Å². The number of fused-ring (bicyclic) bond motifs is 1. The van der Waals surface area contributed by atoms with E-state index in [4.69, 9.17) is 4.42 Å². The average Bonchev–Trinajstić information content (AvgIpc) is 3.25. The highest BCUT2D eigenvalue weighted by Gasteiger charge is 2.16. The van der Waals surface area contributed by atoms with Gasteiger partial charge in [0.15, 0.2) is 5.58 Å². The van der Waals surface area contributed by atoms with Gasteiger partial charge < -0.3 is 9.73 Å². The summed E-state index contributed by atoms with van der Waals surface area (Å²) in [5.74, 6) is -1.18. The van der Waals surface area contributed by atoms with Crippen molar-refractivity contribution in [3.63, 3.8) is 0 Å². The molecule has 0 bridgehead atoms. The number of benzene rings is 2. The van der Waals surface area contributed by atoms with Gasteiger partial charge in [0.1, 0.15) is 6.54 Å². The van der Waals surface area contributed by atoms with Gasteiger partial charge in [0.2, 0.25) is 5.91 Å². The molecule has 0 atom stereocenters. The van der Waals surface area contributed by atoms with Crippen LogP contribution in [0.3, 0.4) is 0 Å². The molecule has 0 aliphatic heterocycles. The number of rotatable bonds is 5. The predicted molar refractivity (Wildman–Crippen MR) is 108 cm³/mol.